The summed E-state index contributed by atoms with van der Waals surface area (Å²) in [6.07, 6.45) is -1.33. The lowest BCUT2D eigenvalue weighted by Crippen LogP contribution is -2.44. The second kappa shape index (κ2) is 7.99. The molecule has 1 saturated heterocycles. The van der Waals surface area contributed by atoms with E-state index in [4.69, 9.17) is 0 Å². The number of alkyl halides is 3. The average Bonchev–Trinajstić information content (AvgIpc) is 3.04. The van der Waals surface area contributed by atoms with Crippen molar-refractivity contribution in [2.24, 2.45) is 7.05 Å². The second-order valence-corrected chi connectivity index (χ2v) is 6.59. The summed E-state index contributed by atoms with van der Waals surface area (Å²) in [6.45, 7) is 2.25. The summed E-state index contributed by atoms with van der Waals surface area (Å²) in [4.78, 5) is 14.3. The fraction of sp³-hybridized carbons (Fsp3) is 0.444. The van der Waals surface area contributed by atoms with E-state index in [0.29, 0.717) is 12.2 Å². The normalized spacial score (nSPS) is 16.3. The number of likely N-dealkylation sites (tertiary alicyclic amines) is 1. The molecule has 0 atom stereocenters. The van der Waals surface area contributed by atoms with Gasteiger partial charge in [-0.3, -0.25) is 14.4 Å². The Balaban J connectivity index is 1.44. The Morgan fingerprint density at radius 1 is 1.22 bits per heavy atom. The van der Waals surface area contributed by atoms with Gasteiger partial charge in [0.2, 0.25) is 0 Å². The molecule has 0 spiro atoms. The maximum Gasteiger partial charge on any atom is 0.573 e. The molecule has 146 valence electrons. The summed E-state index contributed by atoms with van der Waals surface area (Å²) in [5.74, 6) is -0.392. The van der Waals surface area contributed by atoms with E-state index >= 15 is 0 Å². The van der Waals surface area contributed by atoms with Gasteiger partial charge in [0.05, 0.1) is 0 Å². The van der Waals surface area contributed by atoms with E-state index in [9.17, 15) is 18.0 Å². The zero-order valence-electron chi connectivity index (χ0n) is 14.9. The lowest BCUT2D eigenvalue weighted by molar-refractivity contribution is -0.274. The van der Waals surface area contributed by atoms with Crippen LogP contribution in [0.5, 0.6) is 5.75 Å². The van der Waals surface area contributed by atoms with Gasteiger partial charge in [-0.15, -0.1) is 13.2 Å². The third-order valence-corrected chi connectivity index (χ3v) is 4.43. The van der Waals surface area contributed by atoms with Crippen LogP contribution in [0.4, 0.5) is 13.2 Å². The molecular formula is C18H21F3N4O2. The number of carbonyl (C=O) groups is 1. The van der Waals surface area contributed by atoms with Crippen molar-refractivity contribution >= 4 is 5.91 Å². The van der Waals surface area contributed by atoms with Gasteiger partial charge in [0.25, 0.3) is 5.91 Å². The van der Waals surface area contributed by atoms with E-state index in [1.807, 2.05) is 0 Å². The van der Waals surface area contributed by atoms with Gasteiger partial charge in [-0.25, -0.2) is 0 Å². The summed E-state index contributed by atoms with van der Waals surface area (Å²) in [7, 11) is 1.76. The summed E-state index contributed by atoms with van der Waals surface area (Å²) >= 11 is 0. The van der Waals surface area contributed by atoms with Crippen LogP contribution in [0, 0.1) is 0 Å². The van der Waals surface area contributed by atoms with E-state index in [2.05, 4.69) is 20.1 Å². The quantitative estimate of drug-likeness (QED) is 0.864. The SMILES string of the molecule is Cn1ccc(C(=O)NC2CCN(Cc3ccc(OC(F)(F)F)cc3)CC2)n1. The molecule has 27 heavy (non-hydrogen) atoms. The highest BCUT2D eigenvalue weighted by Crippen LogP contribution is 2.23. The molecule has 1 amide bonds. The number of benzene rings is 1. The van der Waals surface area contributed by atoms with Crippen molar-refractivity contribution < 1.29 is 22.7 Å². The first kappa shape index (κ1) is 19.2. The Labute approximate surface area is 154 Å². The molecule has 6 nitrogen and oxygen atoms in total. The molecule has 2 heterocycles. The molecule has 1 N–H and O–H groups in total. The fourth-order valence-electron chi connectivity index (χ4n) is 3.09. The van der Waals surface area contributed by atoms with Crippen LogP contribution in [0.3, 0.4) is 0 Å². The van der Waals surface area contributed by atoms with Gasteiger partial charge in [0.1, 0.15) is 11.4 Å². The largest absolute Gasteiger partial charge is 0.573 e. The van der Waals surface area contributed by atoms with Crippen molar-refractivity contribution in [3.63, 3.8) is 0 Å². The van der Waals surface area contributed by atoms with Crippen LogP contribution in [0.1, 0.15) is 28.9 Å². The molecular weight excluding hydrogens is 361 g/mol. The van der Waals surface area contributed by atoms with Crippen LogP contribution < -0.4 is 10.1 Å². The van der Waals surface area contributed by atoms with Crippen molar-refractivity contribution in [2.75, 3.05) is 13.1 Å². The summed E-state index contributed by atoms with van der Waals surface area (Å²) in [5.41, 5.74) is 1.32. The van der Waals surface area contributed by atoms with Crippen molar-refractivity contribution in [1.82, 2.24) is 20.0 Å². The maximum atomic E-state index is 12.2. The number of halogens is 3. The molecule has 3 rings (SSSR count). The molecule has 1 aliphatic rings. The van der Waals surface area contributed by atoms with E-state index in [1.165, 1.54) is 12.1 Å². The zero-order valence-corrected chi connectivity index (χ0v) is 14.9. The van der Waals surface area contributed by atoms with Gasteiger partial charge in [-0.2, -0.15) is 5.10 Å². The minimum atomic E-state index is -4.68. The number of aryl methyl sites for hydroxylation is 1. The molecule has 1 aliphatic heterocycles. The van der Waals surface area contributed by atoms with Crippen LogP contribution in [0.2, 0.25) is 0 Å². The van der Waals surface area contributed by atoms with E-state index < -0.39 is 6.36 Å². The number of nitrogens with zero attached hydrogens (tertiary/aromatic N) is 3. The standard InChI is InChI=1S/C18H21F3N4O2/c1-24-9-8-16(23-24)17(26)22-14-6-10-25(11-7-14)12-13-2-4-15(5-3-13)27-18(19,20)21/h2-5,8-9,14H,6-7,10-12H2,1H3,(H,22,26). The summed E-state index contributed by atoms with van der Waals surface area (Å²) < 4.78 is 42.0. The first-order chi connectivity index (χ1) is 12.8. The highest BCUT2D eigenvalue weighted by molar-refractivity contribution is 5.92. The lowest BCUT2D eigenvalue weighted by atomic mass is 10.0. The average molecular weight is 382 g/mol. The molecule has 0 bridgehead atoms. The Bertz CT molecular complexity index is 766. The minimum Gasteiger partial charge on any atom is -0.406 e. The number of ether oxygens (including phenoxy) is 1. The molecule has 1 fully saturated rings. The van der Waals surface area contributed by atoms with Gasteiger partial charge >= 0.3 is 6.36 Å². The number of hydrogen-bond acceptors (Lipinski definition) is 4. The molecule has 0 saturated carbocycles. The number of rotatable bonds is 5. The summed E-state index contributed by atoms with van der Waals surface area (Å²) in [6, 6.07) is 7.69. The van der Waals surface area contributed by atoms with Gasteiger partial charge in [-0.05, 0) is 36.6 Å². The van der Waals surface area contributed by atoms with E-state index in [1.54, 1.807) is 36.1 Å². The molecule has 9 heteroatoms. The van der Waals surface area contributed by atoms with Crippen LogP contribution in [-0.4, -0.2) is 46.1 Å². The fourth-order valence-corrected chi connectivity index (χ4v) is 3.09. The molecule has 0 radical (unpaired) electrons. The van der Waals surface area contributed by atoms with Crippen LogP contribution >= 0.6 is 0 Å². The smallest absolute Gasteiger partial charge is 0.406 e. The predicted octanol–water partition coefficient (Wildman–Crippen LogP) is 2.71. The highest BCUT2D eigenvalue weighted by atomic mass is 19.4. The third kappa shape index (κ3) is 5.72. The Hall–Kier alpha value is -2.55. The molecule has 1 aromatic heterocycles. The first-order valence-electron chi connectivity index (χ1n) is 8.66. The zero-order chi connectivity index (χ0) is 19.4. The topological polar surface area (TPSA) is 59.4 Å². The Kier molecular flexibility index (Phi) is 5.69. The maximum absolute atomic E-state index is 12.2. The van der Waals surface area contributed by atoms with Crippen LogP contribution in [0.15, 0.2) is 36.5 Å². The van der Waals surface area contributed by atoms with Gasteiger partial charge < -0.3 is 10.1 Å². The van der Waals surface area contributed by atoms with E-state index in [0.717, 1.165) is 31.5 Å². The molecule has 2 aromatic rings. The van der Waals surface area contributed by atoms with Gasteiger partial charge in [0.15, 0.2) is 0 Å². The van der Waals surface area contributed by atoms with Crippen molar-refractivity contribution in [2.45, 2.75) is 31.8 Å². The minimum absolute atomic E-state index is 0.0957. The molecule has 0 unspecified atom stereocenters. The number of hydrogen-bond donors (Lipinski definition) is 1. The lowest BCUT2D eigenvalue weighted by Gasteiger charge is -2.32. The monoisotopic (exact) mass is 382 g/mol. The van der Waals surface area contributed by atoms with Crippen LogP contribution in [0.25, 0.3) is 0 Å². The van der Waals surface area contributed by atoms with Crippen molar-refractivity contribution in [3.05, 3.63) is 47.8 Å². The van der Waals surface area contributed by atoms with Crippen molar-refractivity contribution in [3.8, 4) is 5.75 Å². The highest BCUT2D eigenvalue weighted by Gasteiger charge is 2.31. The number of nitrogens with one attached hydrogen (secondary N) is 1. The van der Waals surface area contributed by atoms with E-state index in [-0.39, 0.29) is 17.7 Å². The van der Waals surface area contributed by atoms with Gasteiger partial charge in [0, 0.05) is 38.9 Å². The number of aromatic nitrogens is 2. The molecule has 0 aliphatic carbocycles. The number of amides is 1. The van der Waals surface area contributed by atoms with Gasteiger partial charge in [-0.1, -0.05) is 12.1 Å². The third-order valence-electron chi connectivity index (χ3n) is 4.43. The molecule has 1 aromatic carbocycles. The Morgan fingerprint density at radius 2 is 1.89 bits per heavy atom. The predicted molar refractivity (Wildman–Crippen MR) is 92.1 cm³/mol. The first-order valence-corrected chi connectivity index (χ1v) is 8.66. The second-order valence-electron chi connectivity index (χ2n) is 6.59. The number of piperidine rings is 1. The van der Waals surface area contributed by atoms with Crippen molar-refractivity contribution in [1.29, 1.82) is 0 Å². The number of carbonyl (C=O) groups excluding carboxylic acids is 1. The summed E-state index contributed by atoms with van der Waals surface area (Å²) in [5, 5.41) is 7.09. The van der Waals surface area contributed by atoms with Crippen LogP contribution in [-0.2, 0) is 13.6 Å². The Morgan fingerprint density at radius 3 is 2.44 bits per heavy atom.